The van der Waals surface area contributed by atoms with Crippen molar-refractivity contribution >= 4 is 43.8 Å². The Hall–Kier alpha value is -2.57. The summed E-state index contributed by atoms with van der Waals surface area (Å²) in [6.45, 7) is 0. The van der Waals surface area contributed by atoms with E-state index in [1.165, 1.54) is 22.7 Å². The topological polar surface area (TPSA) is 54.9 Å². The fraction of sp³-hybridized carbons (Fsp3) is 0. The first-order valence-corrected chi connectivity index (χ1v) is 8.66. The standard InChI is InChI=1S/C17H11N3OS2/c21-16(15-9-11-5-1-2-7-14(11)23-15)20-17-19-13(10-22-17)12-6-3-4-8-18-12/h1-10H,(H,19,20,21). The number of benzene rings is 1. The third kappa shape index (κ3) is 2.86. The molecule has 3 heterocycles. The minimum Gasteiger partial charge on any atom is -0.297 e. The molecule has 0 atom stereocenters. The Morgan fingerprint density at radius 2 is 1.91 bits per heavy atom. The molecule has 6 heteroatoms. The normalized spacial score (nSPS) is 10.8. The Morgan fingerprint density at radius 1 is 1.04 bits per heavy atom. The molecule has 4 aromatic rings. The van der Waals surface area contributed by atoms with Gasteiger partial charge >= 0.3 is 0 Å². The van der Waals surface area contributed by atoms with Gasteiger partial charge in [-0.3, -0.25) is 15.1 Å². The van der Waals surface area contributed by atoms with Crippen molar-refractivity contribution < 1.29 is 4.79 Å². The number of hydrogen-bond acceptors (Lipinski definition) is 5. The summed E-state index contributed by atoms with van der Waals surface area (Å²) in [5, 5.41) is 6.41. The van der Waals surface area contributed by atoms with Crippen LogP contribution in [0.1, 0.15) is 9.67 Å². The molecule has 23 heavy (non-hydrogen) atoms. The van der Waals surface area contributed by atoms with Crippen molar-refractivity contribution in [3.8, 4) is 11.4 Å². The molecule has 1 amide bonds. The molecule has 0 bridgehead atoms. The Bertz CT molecular complexity index is 943. The molecule has 4 nitrogen and oxygen atoms in total. The molecule has 0 aliphatic carbocycles. The second-order valence-electron chi connectivity index (χ2n) is 4.86. The number of hydrogen-bond donors (Lipinski definition) is 1. The highest BCUT2D eigenvalue weighted by Crippen LogP contribution is 2.27. The number of fused-ring (bicyclic) bond motifs is 1. The lowest BCUT2D eigenvalue weighted by Gasteiger charge is -1.98. The van der Waals surface area contributed by atoms with E-state index in [4.69, 9.17) is 0 Å². The van der Waals surface area contributed by atoms with E-state index in [-0.39, 0.29) is 5.91 Å². The summed E-state index contributed by atoms with van der Waals surface area (Å²) in [6.07, 6.45) is 1.73. The molecule has 0 saturated carbocycles. The van der Waals surface area contributed by atoms with Gasteiger partial charge in [0.25, 0.3) is 5.91 Å². The van der Waals surface area contributed by atoms with Crippen LogP contribution in [0.15, 0.2) is 60.1 Å². The summed E-state index contributed by atoms with van der Waals surface area (Å²) >= 11 is 2.88. The van der Waals surface area contributed by atoms with Gasteiger partial charge in [0, 0.05) is 16.3 Å². The highest BCUT2D eigenvalue weighted by molar-refractivity contribution is 7.21. The lowest BCUT2D eigenvalue weighted by molar-refractivity contribution is 0.103. The van der Waals surface area contributed by atoms with Gasteiger partial charge in [0.05, 0.1) is 10.6 Å². The van der Waals surface area contributed by atoms with Crippen molar-refractivity contribution in [2.75, 3.05) is 5.32 Å². The molecule has 0 unspecified atom stereocenters. The summed E-state index contributed by atoms with van der Waals surface area (Å²) in [7, 11) is 0. The van der Waals surface area contributed by atoms with Crippen LogP contribution in [0, 0.1) is 0 Å². The van der Waals surface area contributed by atoms with Crippen LogP contribution in [0.4, 0.5) is 5.13 Å². The fourth-order valence-corrected chi connectivity index (χ4v) is 3.87. The van der Waals surface area contributed by atoms with Crippen molar-refractivity contribution in [1.29, 1.82) is 0 Å². The number of nitrogens with one attached hydrogen (secondary N) is 1. The van der Waals surface area contributed by atoms with Crippen LogP contribution in [0.25, 0.3) is 21.5 Å². The summed E-state index contributed by atoms with van der Waals surface area (Å²) in [5.41, 5.74) is 1.56. The third-order valence-corrected chi connectivity index (χ3v) is 5.17. The minimum atomic E-state index is -0.131. The summed E-state index contributed by atoms with van der Waals surface area (Å²) in [4.78, 5) is 21.8. The zero-order valence-corrected chi connectivity index (χ0v) is 13.5. The van der Waals surface area contributed by atoms with E-state index in [9.17, 15) is 4.79 Å². The summed E-state index contributed by atoms with van der Waals surface area (Å²) < 4.78 is 1.10. The highest BCUT2D eigenvalue weighted by Gasteiger charge is 2.13. The van der Waals surface area contributed by atoms with Crippen LogP contribution in [0.2, 0.25) is 0 Å². The van der Waals surface area contributed by atoms with Crippen LogP contribution < -0.4 is 5.32 Å². The van der Waals surface area contributed by atoms with Gasteiger partial charge < -0.3 is 0 Å². The predicted molar refractivity (Wildman–Crippen MR) is 95.1 cm³/mol. The van der Waals surface area contributed by atoms with E-state index < -0.39 is 0 Å². The number of amides is 1. The lowest BCUT2D eigenvalue weighted by Crippen LogP contribution is -2.09. The van der Waals surface area contributed by atoms with Crippen molar-refractivity contribution in [2.45, 2.75) is 0 Å². The second-order valence-corrected chi connectivity index (χ2v) is 6.80. The third-order valence-electron chi connectivity index (χ3n) is 3.30. The monoisotopic (exact) mass is 337 g/mol. The average molecular weight is 337 g/mol. The summed E-state index contributed by atoms with van der Waals surface area (Å²) in [6, 6.07) is 15.5. The largest absolute Gasteiger partial charge is 0.297 e. The van der Waals surface area contributed by atoms with Gasteiger partial charge in [-0.15, -0.1) is 22.7 Å². The zero-order chi connectivity index (χ0) is 15.6. The van der Waals surface area contributed by atoms with Crippen LogP contribution in [0.5, 0.6) is 0 Å². The van der Waals surface area contributed by atoms with Gasteiger partial charge in [-0.05, 0) is 29.7 Å². The van der Waals surface area contributed by atoms with Crippen LogP contribution in [-0.4, -0.2) is 15.9 Å². The van der Waals surface area contributed by atoms with Crippen LogP contribution >= 0.6 is 22.7 Å². The van der Waals surface area contributed by atoms with Gasteiger partial charge in [0.15, 0.2) is 5.13 Å². The van der Waals surface area contributed by atoms with Gasteiger partial charge in [0.2, 0.25) is 0 Å². The molecule has 0 saturated heterocycles. The first-order chi connectivity index (χ1) is 11.3. The lowest BCUT2D eigenvalue weighted by atomic mass is 10.2. The molecule has 0 fully saturated rings. The molecule has 1 N–H and O–H groups in total. The van der Waals surface area contributed by atoms with E-state index >= 15 is 0 Å². The fourth-order valence-electron chi connectivity index (χ4n) is 2.22. The van der Waals surface area contributed by atoms with E-state index in [2.05, 4.69) is 15.3 Å². The highest BCUT2D eigenvalue weighted by atomic mass is 32.1. The number of thiazole rings is 1. The van der Waals surface area contributed by atoms with Gasteiger partial charge in [-0.2, -0.15) is 0 Å². The molecule has 4 rings (SSSR count). The van der Waals surface area contributed by atoms with Gasteiger partial charge in [0.1, 0.15) is 5.69 Å². The molecule has 0 aliphatic heterocycles. The van der Waals surface area contributed by atoms with Crippen molar-refractivity contribution in [2.24, 2.45) is 0 Å². The maximum atomic E-state index is 12.4. The minimum absolute atomic E-state index is 0.131. The number of nitrogens with zero attached hydrogens (tertiary/aromatic N) is 2. The molecule has 0 radical (unpaired) electrons. The van der Waals surface area contributed by atoms with Gasteiger partial charge in [-0.25, -0.2) is 4.98 Å². The van der Waals surface area contributed by atoms with Crippen molar-refractivity contribution in [3.63, 3.8) is 0 Å². The molecule has 112 valence electrons. The Labute approximate surface area is 140 Å². The van der Waals surface area contributed by atoms with Crippen LogP contribution in [0.3, 0.4) is 0 Å². The molecular weight excluding hydrogens is 326 g/mol. The maximum absolute atomic E-state index is 12.4. The molecule has 1 aromatic carbocycles. The molecule has 0 aliphatic rings. The predicted octanol–water partition coefficient (Wildman–Crippen LogP) is 4.67. The average Bonchev–Trinajstić information content (AvgIpc) is 3.22. The molecular formula is C17H11N3OS2. The van der Waals surface area contributed by atoms with E-state index in [1.54, 1.807) is 6.20 Å². The number of thiophene rings is 1. The van der Waals surface area contributed by atoms with E-state index in [1.807, 2.05) is 53.9 Å². The number of rotatable bonds is 3. The number of pyridine rings is 1. The first-order valence-electron chi connectivity index (χ1n) is 6.96. The van der Waals surface area contributed by atoms with Crippen molar-refractivity contribution in [1.82, 2.24) is 9.97 Å². The van der Waals surface area contributed by atoms with E-state index in [0.29, 0.717) is 10.0 Å². The Morgan fingerprint density at radius 3 is 2.74 bits per heavy atom. The quantitative estimate of drug-likeness (QED) is 0.591. The first kappa shape index (κ1) is 14.0. The molecule has 0 spiro atoms. The van der Waals surface area contributed by atoms with E-state index in [0.717, 1.165) is 21.5 Å². The Kier molecular flexibility index (Phi) is 3.61. The number of aromatic nitrogens is 2. The smallest absolute Gasteiger partial charge is 0.267 e. The maximum Gasteiger partial charge on any atom is 0.267 e. The Balaban J connectivity index is 1.56. The van der Waals surface area contributed by atoms with Gasteiger partial charge in [-0.1, -0.05) is 24.3 Å². The summed E-state index contributed by atoms with van der Waals surface area (Å²) in [5.74, 6) is -0.131. The zero-order valence-electron chi connectivity index (χ0n) is 11.9. The number of carbonyl (C=O) groups is 1. The molecule has 3 aromatic heterocycles. The second kappa shape index (κ2) is 5.91. The number of anilines is 1. The van der Waals surface area contributed by atoms with Crippen molar-refractivity contribution in [3.05, 3.63) is 65.0 Å². The number of carbonyl (C=O) groups excluding carboxylic acids is 1. The van der Waals surface area contributed by atoms with Crippen LogP contribution in [-0.2, 0) is 0 Å². The SMILES string of the molecule is O=C(Nc1nc(-c2ccccn2)cs1)c1cc2ccccc2s1.